The Morgan fingerprint density at radius 2 is 1.88 bits per heavy atom. The molecule has 0 aliphatic rings. The lowest BCUT2D eigenvalue weighted by Gasteiger charge is -2.12. The summed E-state index contributed by atoms with van der Waals surface area (Å²) in [5.41, 5.74) is 1.44. The molecule has 2 aromatic carbocycles. The molecular weight excluding hydrogens is 473 g/mol. The van der Waals surface area contributed by atoms with Crippen molar-refractivity contribution in [3.05, 3.63) is 62.9 Å². The minimum atomic E-state index is -3.59. The van der Waals surface area contributed by atoms with Crippen LogP contribution in [0.3, 0.4) is 0 Å². The van der Waals surface area contributed by atoms with E-state index in [0.29, 0.717) is 38.8 Å². The second-order valence-corrected chi connectivity index (χ2v) is 10.6. The summed E-state index contributed by atoms with van der Waals surface area (Å²) in [6.45, 7) is 2.86. The molecule has 0 amide bonds. The van der Waals surface area contributed by atoms with E-state index >= 15 is 0 Å². The van der Waals surface area contributed by atoms with Crippen LogP contribution >= 0.6 is 23.2 Å². The summed E-state index contributed by atoms with van der Waals surface area (Å²) in [5.74, 6) is 0.623. The molecule has 0 saturated carbocycles. The molecule has 0 aliphatic heterocycles. The van der Waals surface area contributed by atoms with E-state index in [1.54, 1.807) is 30.3 Å². The lowest BCUT2D eigenvalue weighted by Crippen LogP contribution is -2.23. The Morgan fingerprint density at radius 1 is 1.12 bits per heavy atom. The lowest BCUT2D eigenvalue weighted by atomic mass is 10.2. The highest BCUT2D eigenvalue weighted by molar-refractivity contribution is 7.89. The number of rotatable bonds is 6. The maximum Gasteiger partial charge on any atom is 0.261 e. The molecule has 0 aliphatic carbocycles. The van der Waals surface area contributed by atoms with E-state index in [1.165, 1.54) is 25.0 Å². The number of imidazole rings is 1. The van der Waals surface area contributed by atoms with E-state index in [-0.39, 0.29) is 17.0 Å². The first kappa shape index (κ1) is 22.7. The van der Waals surface area contributed by atoms with Gasteiger partial charge in [0.25, 0.3) is 5.56 Å². The fraction of sp³-hybridized carbons (Fsp3) is 0.286. The molecular formula is C21H21Cl2N5O3S. The van der Waals surface area contributed by atoms with Crippen LogP contribution in [-0.4, -0.2) is 45.9 Å². The summed E-state index contributed by atoms with van der Waals surface area (Å²) >= 11 is 12.2. The van der Waals surface area contributed by atoms with Gasteiger partial charge in [-0.2, -0.15) is 0 Å². The average Bonchev–Trinajstić information content (AvgIpc) is 3.07. The van der Waals surface area contributed by atoms with Crippen molar-refractivity contribution < 1.29 is 8.42 Å². The van der Waals surface area contributed by atoms with Gasteiger partial charge < -0.3 is 4.57 Å². The van der Waals surface area contributed by atoms with E-state index in [0.717, 1.165) is 16.2 Å². The summed E-state index contributed by atoms with van der Waals surface area (Å²) in [6.07, 6.45) is 2.27. The Hall–Kier alpha value is -2.46. The number of hydrogen-bond acceptors (Lipinski definition) is 5. The number of sulfonamides is 1. The molecule has 0 spiro atoms. The third-order valence-electron chi connectivity index (χ3n) is 5.18. The molecule has 4 rings (SSSR count). The number of aromatic nitrogens is 4. The second kappa shape index (κ2) is 8.47. The molecule has 2 aromatic heterocycles. The van der Waals surface area contributed by atoms with Gasteiger partial charge in [0.05, 0.1) is 44.7 Å². The Balaban J connectivity index is 1.85. The number of fused-ring (bicyclic) bond motifs is 2. The van der Waals surface area contributed by atoms with E-state index in [4.69, 9.17) is 23.2 Å². The molecule has 8 nitrogen and oxygen atoms in total. The molecule has 0 fully saturated rings. The first-order valence-electron chi connectivity index (χ1n) is 9.89. The molecule has 2 heterocycles. The van der Waals surface area contributed by atoms with Gasteiger partial charge in [0.1, 0.15) is 5.82 Å². The maximum absolute atomic E-state index is 13.1. The lowest BCUT2D eigenvalue weighted by molar-refractivity contribution is 0.521. The molecule has 0 saturated heterocycles. The van der Waals surface area contributed by atoms with Crippen molar-refractivity contribution in [2.45, 2.75) is 31.3 Å². The van der Waals surface area contributed by atoms with Gasteiger partial charge in [0.2, 0.25) is 10.0 Å². The molecule has 32 heavy (non-hydrogen) atoms. The van der Waals surface area contributed by atoms with E-state index in [9.17, 15) is 13.2 Å². The van der Waals surface area contributed by atoms with Crippen molar-refractivity contribution >= 4 is 55.2 Å². The smallest absolute Gasteiger partial charge is 0.261 e. The normalized spacial score (nSPS) is 12.3. The summed E-state index contributed by atoms with van der Waals surface area (Å²) in [5, 5.41) is 0.985. The number of nitrogens with zero attached hydrogens (tertiary/aromatic N) is 5. The van der Waals surface area contributed by atoms with Gasteiger partial charge in [-0.3, -0.25) is 9.36 Å². The van der Waals surface area contributed by atoms with Gasteiger partial charge in [-0.1, -0.05) is 30.1 Å². The fourth-order valence-electron chi connectivity index (χ4n) is 3.58. The molecule has 168 valence electrons. The minimum Gasteiger partial charge on any atom is -0.326 e. The minimum absolute atomic E-state index is 0.163. The number of aryl methyl sites for hydroxylation is 1. The molecule has 0 unspecified atom stereocenters. The molecule has 0 atom stereocenters. The highest BCUT2D eigenvalue weighted by Gasteiger charge is 2.20. The Bertz CT molecular complexity index is 1510. The predicted molar refractivity (Wildman–Crippen MR) is 126 cm³/mol. The zero-order valence-electron chi connectivity index (χ0n) is 17.7. The first-order valence-corrected chi connectivity index (χ1v) is 12.1. The summed E-state index contributed by atoms with van der Waals surface area (Å²) < 4.78 is 29.6. The summed E-state index contributed by atoms with van der Waals surface area (Å²) in [6, 6.07) is 7.97. The Labute approximate surface area is 195 Å². The van der Waals surface area contributed by atoms with Crippen molar-refractivity contribution in [1.82, 2.24) is 23.4 Å². The van der Waals surface area contributed by atoms with Crippen molar-refractivity contribution in [2.75, 3.05) is 14.1 Å². The summed E-state index contributed by atoms with van der Waals surface area (Å²) in [7, 11) is -0.620. The standard InChI is InChI=1S/C21H21Cl2N5O3S/c1-4-7-28-18-6-5-14(32(30,31)26(2)3)10-17(18)25-19(28)11-27-12-24-20-15(21(27)29)8-13(22)9-16(20)23/h5-6,8-10,12H,4,7,11H2,1-3H3. The Morgan fingerprint density at radius 3 is 2.56 bits per heavy atom. The summed E-state index contributed by atoms with van der Waals surface area (Å²) in [4.78, 5) is 22.2. The van der Waals surface area contributed by atoms with Crippen LogP contribution < -0.4 is 5.56 Å². The Kier molecular flexibility index (Phi) is 6.02. The fourth-order valence-corrected chi connectivity index (χ4v) is 5.05. The molecule has 4 aromatic rings. The zero-order chi connectivity index (χ0) is 23.2. The maximum atomic E-state index is 13.1. The quantitative estimate of drug-likeness (QED) is 0.407. The van der Waals surface area contributed by atoms with E-state index in [1.807, 2.05) is 11.5 Å². The topological polar surface area (TPSA) is 90.1 Å². The van der Waals surface area contributed by atoms with Crippen LogP contribution in [0.2, 0.25) is 10.0 Å². The van der Waals surface area contributed by atoms with E-state index in [2.05, 4.69) is 9.97 Å². The van der Waals surface area contributed by atoms with Gasteiger partial charge >= 0.3 is 0 Å². The third-order valence-corrected chi connectivity index (χ3v) is 7.50. The van der Waals surface area contributed by atoms with Crippen LogP contribution in [0.4, 0.5) is 0 Å². The van der Waals surface area contributed by atoms with Gasteiger partial charge in [0, 0.05) is 25.7 Å². The zero-order valence-corrected chi connectivity index (χ0v) is 20.0. The predicted octanol–water partition coefficient (Wildman–Crippen LogP) is 3.76. The molecule has 0 radical (unpaired) electrons. The van der Waals surface area contributed by atoms with Crippen molar-refractivity contribution in [3.63, 3.8) is 0 Å². The van der Waals surface area contributed by atoms with Gasteiger partial charge in [-0.15, -0.1) is 0 Å². The van der Waals surface area contributed by atoms with Crippen LogP contribution in [0.25, 0.3) is 21.9 Å². The van der Waals surface area contributed by atoms with Gasteiger partial charge in [-0.25, -0.2) is 22.7 Å². The van der Waals surface area contributed by atoms with Crippen LogP contribution in [0, 0.1) is 0 Å². The second-order valence-electron chi connectivity index (χ2n) is 7.58. The van der Waals surface area contributed by atoms with Crippen LogP contribution in [-0.2, 0) is 23.1 Å². The largest absolute Gasteiger partial charge is 0.326 e. The van der Waals surface area contributed by atoms with Gasteiger partial charge in [-0.05, 0) is 36.8 Å². The third kappa shape index (κ3) is 3.90. The van der Waals surface area contributed by atoms with Crippen molar-refractivity contribution in [1.29, 1.82) is 0 Å². The van der Waals surface area contributed by atoms with Crippen molar-refractivity contribution in [2.24, 2.45) is 0 Å². The van der Waals surface area contributed by atoms with Crippen LogP contribution in [0.5, 0.6) is 0 Å². The number of hydrogen-bond donors (Lipinski definition) is 0. The van der Waals surface area contributed by atoms with Crippen LogP contribution in [0.1, 0.15) is 19.2 Å². The number of benzene rings is 2. The number of halogens is 2. The first-order chi connectivity index (χ1) is 15.1. The highest BCUT2D eigenvalue weighted by atomic mass is 35.5. The highest BCUT2D eigenvalue weighted by Crippen LogP contribution is 2.25. The van der Waals surface area contributed by atoms with Gasteiger partial charge in [0.15, 0.2) is 0 Å². The average molecular weight is 494 g/mol. The SMILES string of the molecule is CCCn1c(Cn2cnc3c(Cl)cc(Cl)cc3c2=O)nc2cc(S(=O)(=O)N(C)C)ccc21. The van der Waals surface area contributed by atoms with Crippen LogP contribution in [0.15, 0.2) is 46.3 Å². The van der Waals surface area contributed by atoms with E-state index < -0.39 is 10.0 Å². The monoisotopic (exact) mass is 493 g/mol. The molecule has 0 bridgehead atoms. The molecule has 0 N–H and O–H groups in total. The molecule has 11 heteroatoms. The van der Waals surface area contributed by atoms with Crippen molar-refractivity contribution in [3.8, 4) is 0 Å².